The Morgan fingerprint density at radius 2 is 2.05 bits per heavy atom. The van der Waals surface area contributed by atoms with Crippen LogP contribution in [0.2, 0.25) is 0 Å². The Balaban J connectivity index is 2.35. The summed E-state index contributed by atoms with van der Waals surface area (Å²) in [7, 11) is 0. The van der Waals surface area contributed by atoms with Gasteiger partial charge in [0.1, 0.15) is 0 Å². The third-order valence-corrected chi connectivity index (χ3v) is 4.04. The minimum absolute atomic E-state index is 0.0564. The lowest BCUT2D eigenvalue weighted by atomic mass is 10.1. The minimum Gasteiger partial charge on any atom is -0.367 e. The number of ether oxygens (including phenoxy) is 1. The van der Waals surface area contributed by atoms with Crippen molar-refractivity contribution >= 4 is 17.7 Å². The van der Waals surface area contributed by atoms with E-state index in [1.54, 1.807) is 11.8 Å². The number of hydrogen-bond donors (Lipinski definition) is 2. The molecule has 0 radical (unpaired) electrons. The molecule has 0 spiro atoms. The third-order valence-electron chi connectivity index (χ3n) is 3.40. The van der Waals surface area contributed by atoms with E-state index in [9.17, 15) is 4.79 Å². The van der Waals surface area contributed by atoms with Crippen LogP contribution in [0.4, 0.5) is 0 Å². The quantitative estimate of drug-likeness (QED) is 0.485. The summed E-state index contributed by atoms with van der Waals surface area (Å²) in [6, 6.07) is 8.24. The highest BCUT2D eigenvalue weighted by atomic mass is 32.2. The summed E-state index contributed by atoms with van der Waals surface area (Å²) in [6.45, 7) is 5.75. The topological polar surface area (TPSA) is 50.4 Å². The fourth-order valence-corrected chi connectivity index (χ4v) is 2.50. The number of carbonyl (C=O) groups excluding carboxylic acids is 1. The van der Waals surface area contributed by atoms with E-state index in [1.807, 2.05) is 6.92 Å². The highest BCUT2D eigenvalue weighted by molar-refractivity contribution is 7.98. The predicted molar refractivity (Wildman–Crippen MR) is 94.3 cm³/mol. The van der Waals surface area contributed by atoms with Crippen LogP contribution >= 0.6 is 11.8 Å². The molecule has 5 heteroatoms. The SMILES string of the molecule is CCOCNC(CCSC)C(=O)NCCc1ccc(C)cc1. The lowest BCUT2D eigenvalue weighted by molar-refractivity contribution is -0.123. The minimum atomic E-state index is -0.183. The van der Waals surface area contributed by atoms with Gasteiger partial charge in [0.25, 0.3) is 0 Å². The van der Waals surface area contributed by atoms with E-state index in [0.717, 1.165) is 18.6 Å². The number of benzene rings is 1. The second kappa shape index (κ2) is 11.5. The highest BCUT2D eigenvalue weighted by Gasteiger charge is 2.16. The molecule has 0 heterocycles. The van der Waals surface area contributed by atoms with Gasteiger partial charge in [-0.3, -0.25) is 10.1 Å². The molecule has 1 amide bonds. The zero-order chi connectivity index (χ0) is 16.2. The maximum absolute atomic E-state index is 12.2. The van der Waals surface area contributed by atoms with Crippen LogP contribution < -0.4 is 10.6 Å². The summed E-state index contributed by atoms with van der Waals surface area (Å²) in [5.74, 6) is 1.01. The molecule has 1 aromatic rings. The number of nitrogens with one attached hydrogen (secondary N) is 2. The molecular formula is C17H28N2O2S. The first kappa shape index (κ1) is 19.0. The molecular weight excluding hydrogens is 296 g/mol. The van der Waals surface area contributed by atoms with E-state index in [0.29, 0.717) is 19.9 Å². The molecule has 22 heavy (non-hydrogen) atoms. The van der Waals surface area contributed by atoms with Crippen molar-refractivity contribution in [1.82, 2.24) is 10.6 Å². The summed E-state index contributed by atoms with van der Waals surface area (Å²) in [5, 5.41) is 6.18. The van der Waals surface area contributed by atoms with Gasteiger partial charge in [0.2, 0.25) is 5.91 Å². The van der Waals surface area contributed by atoms with Gasteiger partial charge in [-0.15, -0.1) is 0 Å². The molecule has 1 aromatic carbocycles. The van der Waals surface area contributed by atoms with Crippen LogP contribution in [0.25, 0.3) is 0 Å². The number of amides is 1. The number of thioether (sulfide) groups is 1. The Morgan fingerprint density at radius 1 is 1.32 bits per heavy atom. The normalized spacial score (nSPS) is 12.1. The summed E-state index contributed by atoms with van der Waals surface area (Å²) in [5.41, 5.74) is 2.50. The summed E-state index contributed by atoms with van der Waals surface area (Å²) in [6.07, 6.45) is 3.71. The van der Waals surface area contributed by atoms with E-state index in [1.165, 1.54) is 11.1 Å². The lowest BCUT2D eigenvalue weighted by Gasteiger charge is -2.18. The van der Waals surface area contributed by atoms with Crippen molar-refractivity contribution in [2.75, 3.05) is 31.9 Å². The van der Waals surface area contributed by atoms with Crippen LogP contribution in [0.15, 0.2) is 24.3 Å². The van der Waals surface area contributed by atoms with Crippen LogP contribution in [0.1, 0.15) is 24.5 Å². The molecule has 1 rings (SSSR count). The zero-order valence-corrected chi connectivity index (χ0v) is 14.7. The second-order valence-electron chi connectivity index (χ2n) is 5.20. The molecule has 0 aliphatic carbocycles. The van der Waals surface area contributed by atoms with Gasteiger partial charge >= 0.3 is 0 Å². The number of hydrogen-bond acceptors (Lipinski definition) is 4. The predicted octanol–water partition coefficient (Wildman–Crippen LogP) is 2.36. The van der Waals surface area contributed by atoms with Crippen LogP contribution in [0.3, 0.4) is 0 Å². The van der Waals surface area contributed by atoms with Crippen LogP contribution in [-0.2, 0) is 16.0 Å². The number of aryl methyl sites for hydroxylation is 1. The largest absolute Gasteiger partial charge is 0.367 e. The monoisotopic (exact) mass is 324 g/mol. The molecule has 0 fully saturated rings. The van der Waals surface area contributed by atoms with Crippen molar-refractivity contribution in [3.05, 3.63) is 35.4 Å². The van der Waals surface area contributed by atoms with Gasteiger partial charge in [-0.25, -0.2) is 0 Å². The van der Waals surface area contributed by atoms with Crippen molar-refractivity contribution in [3.8, 4) is 0 Å². The number of carbonyl (C=O) groups is 1. The van der Waals surface area contributed by atoms with E-state index < -0.39 is 0 Å². The molecule has 4 nitrogen and oxygen atoms in total. The fourth-order valence-electron chi connectivity index (χ4n) is 2.03. The Morgan fingerprint density at radius 3 is 2.68 bits per heavy atom. The maximum Gasteiger partial charge on any atom is 0.237 e. The molecule has 0 bridgehead atoms. The molecule has 0 aliphatic rings. The van der Waals surface area contributed by atoms with Gasteiger partial charge in [-0.2, -0.15) is 11.8 Å². The first-order valence-corrected chi connectivity index (χ1v) is 9.20. The van der Waals surface area contributed by atoms with Gasteiger partial charge in [-0.1, -0.05) is 29.8 Å². The molecule has 0 aromatic heterocycles. The highest BCUT2D eigenvalue weighted by Crippen LogP contribution is 2.04. The average molecular weight is 324 g/mol. The van der Waals surface area contributed by atoms with Gasteiger partial charge in [0.15, 0.2) is 0 Å². The molecule has 0 saturated carbocycles. The summed E-state index contributed by atoms with van der Waals surface area (Å²) < 4.78 is 5.28. The zero-order valence-electron chi connectivity index (χ0n) is 13.9. The van der Waals surface area contributed by atoms with Gasteiger partial charge in [0.05, 0.1) is 12.8 Å². The molecule has 1 atom stereocenters. The summed E-state index contributed by atoms with van der Waals surface area (Å²) in [4.78, 5) is 12.2. The first-order valence-electron chi connectivity index (χ1n) is 7.80. The van der Waals surface area contributed by atoms with Crippen molar-refractivity contribution < 1.29 is 9.53 Å². The molecule has 1 unspecified atom stereocenters. The van der Waals surface area contributed by atoms with Gasteiger partial charge in [-0.05, 0) is 44.3 Å². The average Bonchev–Trinajstić information content (AvgIpc) is 2.52. The van der Waals surface area contributed by atoms with Crippen LogP contribution in [0.5, 0.6) is 0 Å². The fraction of sp³-hybridized carbons (Fsp3) is 0.588. The summed E-state index contributed by atoms with van der Waals surface area (Å²) >= 11 is 1.75. The van der Waals surface area contributed by atoms with Crippen LogP contribution in [0, 0.1) is 6.92 Å². The van der Waals surface area contributed by atoms with E-state index >= 15 is 0 Å². The van der Waals surface area contributed by atoms with E-state index in [4.69, 9.17) is 4.74 Å². The van der Waals surface area contributed by atoms with E-state index in [-0.39, 0.29) is 11.9 Å². The van der Waals surface area contributed by atoms with Gasteiger partial charge in [0, 0.05) is 13.2 Å². The maximum atomic E-state index is 12.2. The van der Waals surface area contributed by atoms with Crippen molar-refractivity contribution in [2.24, 2.45) is 0 Å². The Labute approximate surface area is 138 Å². The third kappa shape index (κ3) is 7.82. The first-order chi connectivity index (χ1) is 10.7. The van der Waals surface area contributed by atoms with Crippen molar-refractivity contribution in [3.63, 3.8) is 0 Å². The molecule has 0 saturated heterocycles. The second-order valence-corrected chi connectivity index (χ2v) is 6.19. The standard InChI is InChI=1S/C17H28N2O2S/c1-4-21-13-19-16(10-12-22-3)17(20)18-11-9-15-7-5-14(2)6-8-15/h5-8,16,19H,4,9-13H2,1-3H3,(H,18,20). The molecule has 124 valence electrons. The molecule has 2 N–H and O–H groups in total. The Bertz CT molecular complexity index is 423. The van der Waals surface area contributed by atoms with Crippen molar-refractivity contribution in [2.45, 2.75) is 32.7 Å². The smallest absolute Gasteiger partial charge is 0.237 e. The molecule has 0 aliphatic heterocycles. The van der Waals surface area contributed by atoms with Gasteiger partial charge < -0.3 is 10.1 Å². The lowest BCUT2D eigenvalue weighted by Crippen LogP contribution is -2.45. The van der Waals surface area contributed by atoms with Crippen LogP contribution in [-0.4, -0.2) is 43.8 Å². The van der Waals surface area contributed by atoms with E-state index in [2.05, 4.69) is 48.1 Å². The van der Waals surface area contributed by atoms with Crippen molar-refractivity contribution in [1.29, 1.82) is 0 Å². The Hall–Kier alpha value is -1.04. The Kier molecular flexibility index (Phi) is 9.95. The number of rotatable bonds is 11.